The molecule has 0 radical (unpaired) electrons. The average molecular weight is 261 g/mol. The molecule has 1 aliphatic heterocycles. The Morgan fingerprint density at radius 1 is 1.37 bits per heavy atom. The second kappa shape index (κ2) is 6.71. The summed E-state index contributed by atoms with van der Waals surface area (Å²) in [6.07, 6.45) is 3.42. The monoisotopic (exact) mass is 261 g/mol. The summed E-state index contributed by atoms with van der Waals surface area (Å²) in [7, 11) is 0. The Labute approximate surface area is 115 Å². The van der Waals surface area contributed by atoms with Crippen LogP contribution in [0, 0.1) is 5.92 Å². The highest BCUT2D eigenvalue weighted by Crippen LogP contribution is 2.24. The van der Waals surface area contributed by atoms with Crippen molar-refractivity contribution >= 4 is 5.91 Å². The van der Waals surface area contributed by atoms with Crippen LogP contribution in [0.4, 0.5) is 0 Å². The number of carbonyl (C=O) groups excluding carboxylic acids is 1. The van der Waals surface area contributed by atoms with E-state index in [1.807, 2.05) is 23.1 Å². The molecule has 2 rings (SSSR count). The summed E-state index contributed by atoms with van der Waals surface area (Å²) in [6.45, 7) is 3.00. The van der Waals surface area contributed by atoms with Gasteiger partial charge in [-0.2, -0.15) is 0 Å². The van der Waals surface area contributed by atoms with E-state index in [0.717, 1.165) is 25.8 Å². The molecule has 1 saturated heterocycles. The summed E-state index contributed by atoms with van der Waals surface area (Å²) < 4.78 is 0. The fourth-order valence-corrected chi connectivity index (χ4v) is 2.83. The predicted molar refractivity (Wildman–Crippen MR) is 75.7 cm³/mol. The van der Waals surface area contributed by atoms with Gasteiger partial charge in [0.2, 0.25) is 5.91 Å². The number of hydrogen-bond acceptors (Lipinski definition) is 2. The number of aliphatic hydroxyl groups excluding tert-OH is 1. The minimum absolute atomic E-state index is 0.0317. The van der Waals surface area contributed by atoms with Crippen molar-refractivity contribution in [3.63, 3.8) is 0 Å². The highest BCUT2D eigenvalue weighted by molar-refractivity contribution is 5.76. The maximum Gasteiger partial charge on any atom is 0.222 e. The lowest BCUT2D eigenvalue weighted by Gasteiger charge is -2.25. The van der Waals surface area contributed by atoms with Gasteiger partial charge in [0.1, 0.15) is 0 Å². The fraction of sp³-hybridized carbons (Fsp3) is 0.562. The number of hydrogen-bond donors (Lipinski definition) is 1. The van der Waals surface area contributed by atoms with Gasteiger partial charge in [0.25, 0.3) is 0 Å². The van der Waals surface area contributed by atoms with Crippen LogP contribution in [0.15, 0.2) is 30.3 Å². The summed E-state index contributed by atoms with van der Waals surface area (Å²) >= 11 is 0. The van der Waals surface area contributed by atoms with E-state index in [0.29, 0.717) is 12.3 Å². The van der Waals surface area contributed by atoms with E-state index in [2.05, 4.69) is 19.1 Å². The van der Waals surface area contributed by atoms with Crippen LogP contribution in [-0.4, -0.2) is 35.1 Å². The standard InChI is InChI=1S/C16H23NO2/c1-13-10-11-17(15(13)12-18)16(19)9-5-8-14-6-3-2-4-7-14/h2-4,6-7,13,15,18H,5,8-12H2,1H3. The molecule has 2 unspecified atom stereocenters. The van der Waals surface area contributed by atoms with Crippen molar-refractivity contribution in [2.24, 2.45) is 5.92 Å². The molecule has 1 N–H and O–H groups in total. The molecule has 19 heavy (non-hydrogen) atoms. The number of aryl methyl sites for hydroxylation is 1. The van der Waals surface area contributed by atoms with E-state index in [-0.39, 0.29) is 18.6 Å². The lowest BCUT2D eigenvalue weighted by molar-refractivity contribution is -0.133. The number of nitrogens with zero attached hydrogens (tertiary/aromatic N) is 1. The van der Waals surface area contributed by atoms with Crippen molar-refractivity contribution in [3.05, 3.63) is 35.9 Å². The van der Waals surface area contributed by atoms with Crippen LogP contribution in [0.3, 0.4) is 0 Å². The molecule has 1 fully saturated rings. The third kappa shape index (κ3) is 3.57. The van der Waals surface area contributed by atoms with Crippen molar-refractivity contribution in [2.75, 3.05) is 13.2 Å². The molecule has 1 aromatic carbocycles. The number of rotatable bonds is 5. The highest BCUT2D eigenvalue weighted by atomic mass is 16.3. The Hall–Kier alpha value is -1.35. The molecule has 0 saturated carbocycles. The predicted octanol–water partition coefficient (Wildman–Crippen LogP) is 2.24. The number of likely N-dealkylation sites (tertiary alicyclic amines) is 1. The molecule has 1 aromatic rings. The summed E-state index contributed by atoms with van der Waals surface area (Å²) in [5.41, 5.74) is 1.28. The zero-order valence-corrected chi connectivity index (χ0v) is 11.6. The average Bonchev–Trinajstić information content (AvgIpc) is 2.81. The third-order valence-corrected chi connectivity index (χ3v) is 4.09. The smallest absolute Gasteiger partial charge is 0.222 e. The molecule has 3 heteroatoms. The van der Waals surface area contributed by atoms with Crippen molar-refractivity contribution in [2.45, 2.75) is 38.6 Å². The van der Waals surface area contributed by atoms with Crippen LogP contribution in [0.2, 0.25) is 0 Å². The van der Waals surface area contributed by atoms with Gasteiger partial charge < -0.3 is 10.0 Å². The van der Waals surface area contributed by atoms with Crippen LogP contribution >= 0.6 is 0 Å². The minimum Gasteiger partial charge on any atom is -0.394 e. The van der Waals surface area contributed by atoms with E-state index < -0.39 is 0 Å². The van der Waals surface area contributed by atoms with Crippen LogP contribution in [0.5, 0.6) is 0 Å². The molecule has 104 valence electrons. The van der Waals surface area contributed by atoms with Gasteiger partial charge in [-0.3, -0.25) is 4.79 Å². The van der Waals surface area contributed by atoms with E-state index in [9.17, 15) is 9.90 Å². The Morgan fingerprint density at radius 3 is 2.79 bits per heavy atom. The molecule has 2 atom stereocenters. The first-order chi connectivity index (χ1) is 9.22. The fourth-order valence-electron chi connectivity index (χ4n) is 2.83. The Morgan fingerprint density at radius 2 is 2.11 bits per heavy atom. The third-order valence-electron chi connectivity index (χ3n) is 4.09. The van der Waals surface area contributed by atoms with Crippen molar-refractivity contribution < 1.29 is 9.90 Å². The first-order valence-electron chi connectivity index (χ1n) is 7.16. The molecule has 1 aliphatic rings. The maximum atomic E-state index is 12.2. The first-order valence-corrected chi connectivity index (χ1v) is 7.16. The quantitative estimate of drug-likeness (QED) is 0.883. The van der Waals surface area contributed by atoms with Gasteiger partial charge in [-0.15, -0.1) is 0 Å². The SMILES string of the molecule is CC1CCN(C(=O)CCCc2ccccc2)C1CO. The Kier molecular flexibility index (Phi) is 4.97. The first kappa shape index (κ1) is 14.1. The van der Waals surface area contributed by atoms with Gasteiger partial charge in [0.15, 0.2) is 0 Å². The van der Waals surface area contributed by atoms with Crippen molar-refractivity contribution in [3.8, 4) is 0 Å². The number of benzene rings is 1. The van der Waals surface area contributed by atoms with Gasteiger partial charge in [-0.1, -0.05) is 37.3 Å². The van der Waals surface area contributed by atoms with Gasteiger partial charge in [-0.05, 0) is 30.7 Å². The van der Waals surface area contributed by atoms with E-state index in [1.54, 1.807) is 0 Å². The van der Waals surface area contributed by atoms with Gasteiger partial charge in [-0.25, -0.2) is 0 Å². The van der Waals surface area contributed by atoms with Crippen LogP contribution in [0.1, 0.15) is 31.7 Å². The molecular formula is C16H23NO2. The van der Waals surface area contributed by atoms with Gasteiger partial charge >= 0.3 is 0 Å². The van der Waals surface area contributed by atoms with Gasteiger partial charge in [0, 0.05) is 13.0 Å². The molecule has 0 aliphatic carbocycles. The second-order valence-corrected chi connectivity index (χ2v) is 5.44. The van der Waals surface area contributed by atoms with E-state index in [4.69, 9.17) is 0 Å². The second-order valence-electron chi connectivity index (χ2n) is 5.44. The van der Waals surface area contributed by atoms with Crippen molar-refractivity contribution in [1.29, 1.82) is 0 Å². The molecule has 1 heterocycles. The zero-order chi connectivity index (χ0) is 13.7. The summed E-state index contributed by atoms with van der Waals surface area (Å²) in [6, 6.07) is 10.3. The molecule has 3 nitrogen and oxygen atoms in total. The number of aliphatic hydroxyl groups is 1. The minimum atomic E-state index is 0.0317. The lowest BCUT2D eigenvalue weighted by Crippen LogP contribution is -2.39. The lowest BCUT2D eigenvalue weighted by atomic mass is 10.0. The summed E-state index contributed by atoms with van der Waals surface area (Å²) in [4.78, 5) is 14.0. The van der Waals surface area contributed by atoms with Crippen LogP contribution in [0.25, 0.3) is 0 Å². The van der Waals surface area contributed by atoms with Crippen LogP contribution < -0.4 is 0 Å². The van der Waals surface area contributed by atoms with E-state index in [1.165, 1.54) is 5.56 Å². The highest BCUT2D eigenvalue weighted by Gasteiger charge is 2.33. The van der Waals surface area contributed by atoms with Crippen LogP contribution in [-0.2, 0) is 11.2 Å². The molecular weight excluding hydrogens is 238 g/mol. The zero-order valence-electron chi connectivity index (χ0n) is 11.6. The summed E-state index contributed by atoms with van der Waals surface area (Å²) in [5, 5.41) is 9.37. The Bertz CT molecular complexity index is 404. The topological polar surface area (TPSA) is 40.5 Å². The van der Waals surface area contributed by atoms with E-state index >= 15 is 0 Å². The normalized spacial score (nSPS) is 22.7. The largest absolute Gasteiger partial charge is 0.394 e. The molecule has 0 bridgehead atoms. The van der Waals surface area contributed by atoms with Crippen molar-refractivity contribution in [1.82, 2.24) is 4.90 Å². The van der Waals surface area contributed by atoms with Gasteiger partial charge in [0.05, 0.1) is 12.6 Å². The summed E-state index contributed by atoms with van der Waals surface area (Å²) in [5.74, 6) is 0.613. The molecule has 0 aromatic heterocycles. The molecule has 0 spiro atoms. The number of amides is 1. The maximum absolute atomic E-state index is 12.2. The number of carbonyl (C=O) groups is 1. The molecule has 1 amide bonds. The Balaban J connectivity index is 1.78.